The first kappa shape index (κ1) is 18.9. The molecule has 0 saturated heterocycles. The van der Waals surface area contributed by atoms with E-state index in [-0.39, 0.29) is 11.8 Å². The van der Waals surface area contributed by atoms with E-state index in [9.17, 15) is 9.59 Å². The molecule has 118 valence electrons. The van der Waals surface area contributed by atoms with Crippen molar-refractivity contribution in [3.63, 3.8) is 0 Å². The second kappa shape index (κ2) is 11.7. The third-order valence-electron chi connectivity index (χ3n) is 3.28. The highest BCUT2D eigenvalue weighted by Gasteiger charge is 2.26. The van der Waals surface area contributed by atoms with E-state index in [0.29, 0.717) is 13.0 Å². The molecule has 5 nitrogen and oxygen atoms in total. The number of amides is 2. The molecule has 0 aliphatic rings. The maximum atomic E-state index is 11.9. The minimum Gasteiger partial charge on any atom is -0.355 e. The van der Waals surface area contributed by atoms with Gasteiger partial charge in [-0.2, -0.15) is 0 Å². The lowest BCUT2D eigenvalue weighted by Gasteiger charge is -2.16. The van der Waals surface area contributed by atoms with E-state index in [1.807, 2.05) is 13.8 Å². The second-order valence-corrected chi connectivity index (χ2v) is 5.72. The first-order valence-corrected chi connectivity index (χ1v) is 7.74. The number of nitrogens with one attached hydrogen (secondary N) is 2. The molecule has 20 heavy (non-hydrogen) atoms. The molecule has 0 spiro atoms. The van der Waals surface area contributed by atoms with Gasteiger partial charge in [-0.25, -0.2) is 5.48 Å². The van der Waals surface area contributed by atoms with E-state index in [1.165, 1.54) is 25.7 Å². The Morgan fingerprint density at radius 3 is 2.15 bits per heavy atom. The molecule has 0 aromatic carbocycles. The number of rotatable bonds is 11. The molecule has 0 bridgehead atoms. The van der Waals surface area contributed by atoms with Gasteiger partial charge in [-0.05, 0) is 18.8 Å². The van der Waals surface area contributed by atoms with Crippen molar-refractivity contribution < 1.29 is 14.8 Å². The van der Waals surface area contributed by atoms with Crippen molar-refractivity contribution in [2.24, 2.45) is 11.8 Å². The first-order chi connectivity index (χ1) is 9.52. The molecule has 0 radical (unpaired) electrons. The summed E-state index contributed by atoms with van der Waals surface area (Å²) in [6, 6.07) is 0. The van der Waals surface area contributed by atoms with E-state index >= 15 is 0 Å². The van der Waals surface area contributed by atoms with E-state index in [4.69, 9.17) is 5.21 Å². The molecule has 0 rings (SSSR count). The van der Waals surface area contributed by atoms with Crippen LogP contribution in [0.2, 0.25) is 0 Å². The monoisotopic (exact) mass is 286 g/mol. The molecule has 0 aromatic heterocycles. The quantitative estimate of drug-likeness (QED) is 0.236. The Kier molecular flexibility index (Phi) is 11.1. The molecule has 1 atom stereocenters. The fraction of sp³-hybridized carbons (Fsp3) is 0.867. The van der Waals surface area contributed by atoms with Gasteiger partial charge in [-0.15, -0.1) is 0 Å². The zero-order valence-electron chi connectivity index (χ0n) is 13.1. The van der Waals surface area contributed by atoms with Crippen LogP contribution in [0.4, 0.5) is 0 Å². The Morgan fingerprint density at radius 2 is 1.60 bits per heavy atom. The number of hydroxylamine groups is 1. The van der Waals surface area contributed by atoms with Gasteiger partial charge < -0.3 is 5.32 Å². The third-order valence-corrected chi connectivity index (χ3v) is 3.28. The summed E-state index contributed by atoms with van der Waals surface area (Å²) >= 11 is 0. The van der Waals surface area contributed by atoms with E-state index in [2.05, 4.69) is 12.2 Å². The molecule has 5 heteroatoms. The maximum absolute atomic E-state index is 11.9. The molecule has 0 saturated carbocycles. The molecule has 0 aliphatic carbocycles. The molecule has 0 fully saturated rings. The molecule has 3 N–H and O–H groups in total. The lowest BCUT2D eigenvalue weighted by Crippen LogP contribution is -2.41. The van der Waals surface area contributed by atoms with E-state index < -0.39 is 11.8 Å². The highest BCUT2D eigenvalue weighted by Crippen LogP contribution is 2.12. The van der Waals surface area contributed by atoms with Gasteiger partial charge in [-0.3, -0.25) is 14.8 Å². The Bertz CT molecular complexity index is 280. The zero-order valence-corrected chi connectivity index (χ0v) is 13.1. The number of hydrogen-bond donors (Lipinski definition) is 3. The van der Waals surface area contributed by atoms with Crippen molar-refractivity contribution in [2.75, 3.05) is 6.54 Å². The van der Waals surface area contributed by atoms with Crippen LogP contribution >= 0.6 is 0 Å². The topological polar surface area (TPSA) is 78.4 Å². The van der Waals surface area contributed by atoms with Crippen molar-refractivity contribution in [3.05, 3.63) is 0 Å². The summed E-state index contributed by atoms with van der Waals surface area (Å²) in [6.45, 7) is 6.66. The number of hydrogen-bond acceptors (Lipinski definition) is 3. The number of carbonyl (C=O) groups is 2. The summed E-state index contributed by atoms with van der Waals surface area (Å²) in [5, 5.41) is 11.5. The Balaban J connectivity index is 3.92. The average molecular weight is 286 g/mol. The zero-order chi connectivity index (χ0) is 15.4. The van der Waals surface area contributed by atoms with Crippen molar-refractivity contribution in [1.82, 2.24) is 10.8 Å². The van der Waals surface area contributed by atoms with Crippen molar-refractivity contribution >= 4 is 11.8 Å². The summed E-state index contributed by atoms with van der Waals surface area (Å²) in [7, 11) is 0. The smallest absolute Gasteiger partial charge is 0.255 e. The third kappa shape index (κ3) is 8.91. The highest BCUT2D eigenvalue weighted by molar-refractivity contribution is 5.99. The maximum Gasteiger partial charge on any atom is 0.255 e. The summed E-state index contributed by atoms with van der Waals surface area (Å²) < 4.78 is 0. The van der Waals surface area contributed by atoms with Gasteiger partial charge >= 0.3 is 0 Å². The van der Waals surface area contributed by atoms with Gasteiger partial charge in [0.05, 0.1) is 0 Å². The highest BCUT2D eigenvalue weighted by atomic mass is 16.5. The van der Waals surface area contributed by atoms with Crippen molar-refractivity contribution in [3.8, 4) is 0 Å². The van der Waals surface area contributed by atoms with Crippen LogP contribution in [0.25, 0.3) is 0 Å². The van der Waals surface area contributed by atoms with Gasteiger partial charge in [0.15, 0.2) is 0 Å². The minimum atomic E-state index is -0.805. The Hall–Kier alpha value is -1.10. The van der Waals surface area contributed by atoms with Crippen LogP contribution in [0.1, 0.15) is 65.7 Å². The fourth-order valence-corrected chi connectivity index (χ4v) is 2.12. The van der Waals surface area contributed by atoms with Gasteiger partial charge in [0.2, 0.25) is 5.91 Å². The molecule has 0 heterocycles. The average Bonchev–Trinajstić information content (AvgIpc) is 2.42. The lowest BCUT2D eigenvalue weighted by molar-refractivity contribution is -0.141. The van der Waals surface area contributed by atoms with Gasteiger partial charge in [0.25, 0.3) is 5.91 Å². The summed E-state index contributed by atoms with van der Waals surface area (Å²) in [5.74, 6) is -1.50. The molecule has 0 aromatic rings. The number of carbonyl (C=O) groups excluding carboxylic acids is 2. The Morgan fingerprint density at radius 1 is 1.00 bits per heavy atom. The SMILES string of the molecule is CCCCCCCCNC(=O)[C@@H](CC(C)C)C(=O)NO. The Labute approximate surface area is 122 Å². The van der Waals surface area contributed by atoms with Crippen molar-refractivity contribution in [2.45, 2.75) is 65.7 Å². The molecule has 0 unspecified atom stereocenters. The summed E-state index contributed by atoms with van der Waals surface area (Å²) in [6.07, 6.45) is 7.40. The predicted molar refractivity (Wildman–Crippen MR) is 79.3 cm³/mol. The summed E-state index contributed by atoms with van der Waals surface area (Å²) in [5.41, 5.74) is 1.58. The van der Waals surface area contributed by atoms with Gasteiger partial charge in [-0.1, -0.05) is 52.9 Å². The van der Waals surface area contributed by atoms with Crippen molar-refractivity contribution in [1.29, 1.82) is 0 Å². The van der Waals surface area contributed by atoms with E-state index in [0.717, 1.165) is 12.8 Å². The first-order valence-electron chi connectivity index (χ1n) is 7.74. The van der Waals surface area contributed by atoms with Crippen LogP contribution in [0.3, 0.4) is 0 Å². The normalized spacial score (nSPS) is 12.2. The van der Waals surface area contributed by atoms with Gasteiger partial charge in [0, 0.05) is 6.54 Å². The predicted octanol–water partition coefficient (Wildman–Crippen LogP) is 2.63. The van der Waals surface area contributed by atoms with E-state index in [1.54, 1.807) is 5.48 Å². The number of unbranched alkanes of at least 4 members (excludes halogenated alkanes) is 5. The standard InChI is InChI=1S/C15H30N2O3/c1-4-5-6-7-8-9-10-16-14(18)13(11-12(2)3)15(19)17-20/h12-13,20H,4-11H2,1-3H3,(H,16,18)(H,17,19)/t13-/m1/s1. The minimum absolute atomic E-state index is 0.220. The molecule has 2 amide bonds. The second-order valence-electron chi connectivity index (χ2n) is 5.72. The fourth-order valence-electron chi connectivity index (χ4n) is 2.12. The van der Waals surface area contributed by atoms with Crippen LogP contribution in [0.5, 0.6) is 0 Å². The molecule has 0 aliphatic heterocycles. The van der Waals surface area contributed by atoms with Crippen LogP contribution < -0.4 is 10.8 Å². The largest absolute Gasteiger partial charge is 0.355 e. The van der Waals surface area contributed by atoms with Crippen LogP contribution in [-0.4, -0.2) is 23.6 Å². The van der Waals surface area contributed by atoms with Crippen LogP contribution in [0, 0.1) is 11.8 Å². The summed E-state index contributed by atoms with van der Waals surface area (Å²) in [4.78, 5) is 23.4. The van der Waals surface area contributed by atoms with Gasteiger partial charge in [0.1, 0.15) is 5.92 Å². The van der Waals surface area contributed by atoms with Crippen LogP contribution in [0.15, 0.2) is 0 Å². The molecular formula is C15H30N2O3. The molecular weight excluding hydrogens is 256 g/mol. The lowest BCUT2D eigenvalue weighted by atomic mass is 9.95. The van der Waals surface area contributed by atoms with Crippen LogP contribution in [-0.2, 0) is 9.59 Å².